The minimum atomic E-state index is 0.455. The van der Waals surface area contributed by atoms with Crippen molar-refractivity contribution in [1.29, 1.82) is 5.26 Å². The van der Waals surface area contributed by atoms with Gasteiger partial charge in [0.05, 0.1) is 10.6 Å². The molecule has 4 heteroatoms. The highest BCUT2D eigenvalue weighted by Gasteiger charge is 2.03. The Labute approximate surface area is 117 Å². The maximum absolute atomic E-state index is 8.82. The lowest BCUT2D eigenvalue weighted by atomic mass is 10.1. The van der Waals surface area contributed by atoms with E-state index >= 15 is 0 Å². The molecule has 96 valence electrons. The van der Waals surface area contributed by atoms with Crippen molar-refractivity contribution in [3.63, 3.8) is 0 Å². The first-order chi connectivity index (χ1) is 9.11. The van der Waals surface area contributed by atoms with E-state index in [2.05, 4.69) is 5.32 Å². The number of rotatable bonds is 3. The molecule has 2 rings (SSSR count). The van der Waals surface area contributed by atoms with Gasteiger partial charge in [-0.15, -0.1) is 0 Å². The second-order valence-corrected chi connectivity index (χ2v) is 4.70. The number of nitrogens with zero attached hydrogens (tertiary/aromatic N) is 1. The van der Waals surface area contributed by atoms with Crippen molar-refractivity contribution in [3.8, 4) is 6.07 Å². The number of hydrogen-bond acceptors (Lipinski definition) is 3. The Morgan fingerprint density at radius 2 is 2.11 bits per heavy atom. The highest BCUT2D eigenvalue weighted by molar-refractivity contribution is 6.32. The van der Waals surface area contributed by atoms with E-state index in [0.29, 0.717) is 17.1 Å². The van der Waals surface area contributed by atoms with Crippen LogP contribution < -0.4 is 11.1 Å². The van der Waals surface area contributed by atoms with Crippen LogP contribution in [-0.2, 0) is 6.54 Å². The van der Waals surface area contributed by atoms with Crippen LogP contribution in [0, 0.1) is 18.3 Å². The summed E-state index contributed by atoms with van der Waals surface area (Å²) < 4.78 is 0. The quantitative estimate of drug-likeness (QED) is 0.837. The molecule has 0 saturated carbocycles. The van der Waals surface area contributed by atoms with Gasteiger partial charge in [0, 0.05) is 17.9 Å². The number of benzene rings is 2. The van der Waals surface area contributed by atoms with Crippen LogP contribution in [0.3, 0.4) is 0 Å². The van der Waals surface area contributed by atoms with Gasteiger partial charge in [-0.1, -0.05) is 23.7 Å². The molecule has 0 amide bonds. The molecule has 0 radical (unpaired) electrons. The van der Waals surface area contributed by atoms with Crippen LogP contribution in [0.15, 0.2) is 36.4 Å². The summed E-state index contributed by atoms with van der Waals surface area (Å²) in [5.74, 6) is 0. The average Bonchev–Trinajstić information content (AvgIpc) is 2.40. The van der Waals surface area contributed by atoms with Crippen LogP contribution in [0.25, 0.3) is 0 Å². The van der Waals surface area contributed by atoms with Gasteiger partial charge < -0.3 is 11.1 Å². The molecule has 0 fully saturated rings. The number of nitriles is 1. The van der Waals surface area contributed by atoms with Crippen LogP contribution >= 0.6 is 11.6 Å². The van der Waals surface area contributed by atoms with E-state index in [1.165, 1.54) is 0 Å². The highest BCUT2D eigenvalue weighted by atomic mass is 35.5. The molecule has 0 aliphatic carbocycles. The van der Waals surface area contributed by atoms with E-state index in [1.54, 1.807) is 12.1 Å². The van der Waals surface area contributed by atoms with E-state index < -0.39 is 0 Å². The van der Waals surface area contributed by atoms with Crippen LogP contribution in [-0.4, -0.2) is 0 Å². The molecule has 0 saturated heterocycles. The number of nitrogens with one attached hydrogen (secondary N) is 1. The van der Waals surface area contributed by atoms with Crippen molar-refractivity contribution in [3.05, 3.63) is 58.1 Å². The molecule has 3 nitrogen and oxygen atoms in total. The summed E-state index contributed by atoms with van der Waals surface area (Å²) in [6, 6.07) is 13.2. The molecule has 0 unspecified atom stereocenters. The number of nitrogens with two attached hydrogens (primary N) is 1. The summed E-state index contributed by atoms with van der Waals surface area (Å²) >= 11 is 5.99. The van der Waals surface area contributed by atoms with Gasteiger partial charge in [0.1, 0.15) is 6.07 Å². The van der Waals surface area contributed by atoms with Gasteiger partial charge in [0.25, 0.3) is 0 Å². The molecule has 3 N–H and O–H groups in total. The standard InChI is InChI=1S/C15H14ClN3/c1-10-12(3-2-4-15(10)18)9-19-13-6-5-11(8-17)14(16)7-13/h2-7,19H,9,18H2,1H3. The molecule has 19 heavy (non-hydrogen) atoms. The molecule has 0 aliphatic heterocycles. The number of nitrogen functional groups attached to an aromatic ring is 1. The number of halogens is 1. The Balaban J connectivity index is 2.13. The van der Waals surface area contributed by atoms with Gasteiger partial charge in [-0.2, -0.15) is 5.26 Å². The van der Waals surface area contributed by atoms with Crippen molar-refractivity contribution in [2.24, 2.45) is 0 Å². The van der Waals surface area contributed by atoms with Crippen molar-refractivity contribution in [2.45, 2.75) is 13.5 Å². The molecule has 0 spiro atoms. The minimum Gasteiger partial charge on any atom is -0.399 e. The van der Waals surface area contributed by atoms with Crippen molar-refractivity contribution in [1.82, 2.24) is 0 Å². The topological polar surface area (TPSA) is 61.8 Å². The van der Waals surface area contributed by atoms with E-state index in [0.717, 1.165) is 22.5 Å². The fourth-order valence-corrected chi connectivity index (χ4v) is 2.03. The molecule has 0 aliphatic rings. The Morgan fingerprint density at radius 1 is 1.32 bits per heavy atom. The van der Waals surface area contributed by atoms with Crippen molar-refractivity contribution in [2.75, 3.05) is 11.1 Å². The maximum atomic E-state index is 8.82. The lowest BCUT2D eigenvalue weighted by molar-refractivity contribution is 1.12. The summed E-state index contributed by atoms with van der Waals surface area (Å²) in [7, 11) is 0. The fourth-order valence-electron chi connectivity index (χ4n) is 1.81. The second kappa shape index (κ2) is 5.64. The van der Waals surface area contributed by atoms with Crippen molar-refractivity contribution >= 4 is 23.0 Å². The second-order valence-electron chi connectivity index (χ2n) is 4.29. The van der Waals surface area contributed by atoms with E-state index in [1.807, 2.05) is 37.3 Å². The normalized spacial score (nSPS) is 9.95. The van der Waals surface area contributed by atoms with Crippen LogP contribution in [0.1, 0.15) is 16.7 Å². The molecule has 0 heterocycles. The van der Waals surface area contributed by atoms with Gasteiger partial charge in [0.2, 0.25) is 0 Å². The fraction of sp³-hybridized carbons (Fsp3) is 0.133. The smallest absolute Gasteiger partial charge is 0.101 e. The zero-order valence-electron chi connectivity index (χ0n) is 10.6. The first-order valence-corrected chi connectivity index (χ1v) is 6.27. The molecule has 0 atom stereocenters. The Bertz CT molecular complexity index is 644. The van der Waals surface area contributed by atoms with Gasteiger partial charge in [-0.3, -0.25) is 0 Å². The summed E-state index contributed by atoms with van der Waals surface area (Å²) in [6.45, 7) is 2.66. The molecule has 0 aromatic heterocycles. The zero-order valence-corrected chi connectivity index (χ0v) is 11.3. The number of hydrogen-bond donors (Lipinski definition) is 2. The summed E-state index contributed by atoms with van der Waals surface area (Å²) in [4.78, 5) is 0. The lowest BCUT2D eigenvalue weighted by Gasteiger charge is -2.11. The van der Waals surface area contributed by atoms with Crippen LogP contribution in [0.2, 0.25) is 5.02 Å². The largest absolute Gasteiger partial charge is 0.399 e. The Hall–Kier alpha value is -2.18. The highest BCUT2D eigenvalue weighted by Crippen LogP contribution is 2.22. The number of anilines is 2. The Kier molecular flexibility index (Phi) is 3.94. The van der Waals surface area contributed by atoms with Crippen LogP contribution in [0.5, 0.6) is 0 Å². The van der Waals surface area contributed by atoms with Crippen molar-refractivity contribution < 1.29 is 0 Å². The first kappa shape index (κ1) is 13.3. The van der Waals surface area contributed by atoms with Gasteiger partial charge in [-0.25, -0.2) is 0 Å². The third-order valence-electron chi connectivity index (χ3n) is 3.06. The summed E-state index contributed by atoms with van der Waals surface area (Å²) in [5.41, 5.74) is 10.2. The SMILES string of the molecule is Cc1c(N)cccc1CNc1ccc(C#N)c(Cl)c1. The monoisotopic (exact) mass is 271 g/mol. The minimum absolute atomic E-state index is 0.455. The summed E-state index contributed by atoms with van der Waals surface area (Å²) in [6.07, 6.45) is 0. The molecule has 2 aromatic rings. The lowest BCUT2D eigenvalue weighted by Crippen LogP contribution is -2.03. The van der Waals surface area contributed by atoms with Crippen LogP contribution in [0.4, 0.5) is 11.4 Å². The van der Waals surface area contributed by atoms with Gasteiger partial charge in [0.15, 0.2) is 0 Å². The predicted octanol–water partition coefficient (Wildman–Crippen LogP) is 3.71. The molecule has 0 bridgehead atoms. The summed E-state index contributed by atoms with van der Waals surface area (Å²) in [5, 5.41) is 12.5. The average molecular weight is 272 g/mol. The first-order valence-electron chi connectivity index (χ1n) is 5.89. The maximum Gasteiger partial charge on any atom is 0.101 e. The third-order valence-corrected chi connectivity index (χ3v) is 3.37. The molecular weight excluding hydrogens is 258 g/mol. The van der Waals surface area contributed by atoms with E-state index in [9.17, 15) is 0 Å². The van der Waals surface area contributed by atoms with Gasteiger partial charge in [-0.05, 0) is 42.3 Å². The zero-order chi connectivity index (χ0) is 13.8. The molecule has 2 aromatic carbocycles. The predicted molar refractivity (Wildman–Crippen MR) is 79.1 cm³/mol. The molecular formula is C15H14ClN3. The Morgan fingerprint density at radius 3 is 2.79 bits per heavy atom. The third kappa shape index (κ3) is 2.98. The van der Waals surface area contributed by atoms with Gasteiger partial charge >= 0.3 is 0 Å². The van der Waals surface area contributed by atoms with E-state index in [-0.39, 0.29) is 0 Å². The van der Waals surface area contributed by atoms with E-state index in [4.69, 9.17) is 22.6 Å².